The van der Waals surface area contributed by atoms with Crippen molar-refractivity contribution < 1.29 is 13.5 Å². The maximum atomic E-state index is 12.9. The molecular formula is C18H24N4O3S. The van der Waals surface area contributed by atoms with E-state index < -0.39 is 16.3 Å². The lowest BCUT2D eigenvalue weighted by Crippen LogP contribution is -2.45. The highest BCUT2D eigenvalue weighted by Crippen LogP contribution is 2.40. The van der Waals surface area contributed by atoms with Crippen LogP contribution in [-0.4, -0.2) is 45.5 Å². The third kappa shape index (κ3) is 3.42. The summed E-state index contributed by atoms with van der Waals surface area (Å²) in [6.07, 6.45) is 1.54. The first kappa shape index (κ1) is 17.7. The standard InChI is InChI=1S/C18H24N4O3S/c1-20(12-14-5-3-2-4-6-14)26(24,25)21-9-10-22-16(13-21)11-17(19-22)18(23)15-7-8-15/h2-6,11,15,18,23H,7-10,12-13H2,1H3. The van der Waals surface area contributed by atoms with Gasteiger partial charge in [-0.2, -0.15) is 22.1 Å². The molecule has 0 saturated heterocycles. The summed E-state index contributed by atoms with van der Waals surface area (Å²) in [6.45, 7) is 1.51. The van der Waals surface area contributed by atoms with Crippen LogP contribution in [-0.2, 0) is 29.8 Å². The Morgan fingerprint density at radius 2 is 2.00 bits per heavy atom. The Morgan fingerprint density at radius 3 is 2.69 bits per heavy atom. The van der Waals surface area contributed by atoms with E-state index >= 15 is 0 Å². The highest BCUT2D eigenvalue weighted by atomic mass is 32.2. The van der Waals surface area contributed by atoms with Crippen molar-refractivity contribution in [2.75, 3.05) is 13.6 Å². The van der Waals surface area contributed by atoms with Crippen molar-refractivity contribution >= 4 is 10.2 Å². The van der Waals surface area contributed by atoms with Gasteiger partial charge < -0.3 is 5.11 Å². The van der Waals surface area contributed by atoms with Gasteiger partial charge in [0.25, 0.3) is 10.2 Å². The van der Waals surface area contributed by atoms with Gasteiger partial charge in [-0.1, -0.05) is 30.3 Å². The van der Waals surface area contributed by atoms with Crippen LogP contribution in [0.15, 0.2) is 36.4 Å². The summed E-state index contributed by atoms with van der Waals surface area (Å²) in [5.41, 5.74) is 2.46. The maximum absolute atomic E-state index is 12.9. The van der Waals surface area contributed by atoms with E-state index in [1.54, 1.807) is 7.05 Å². The van der Waals surface area contributed by atoms with Gasteiger partial charge in [-0.25, -0.2) is 0 Å². The first-order valence-corrected chi connectivity index (χ1v) is 10.3. The highest BCUT2D eigenvalue weighted by Gasteiger charge is 2.35. The zero-order valence-corrected chi connectivity index (χ0v) is 15.6. The molecule has 0 amide bonds. The Hall–Kier alpha value is -1.74. The van der Waals surface area contributed by atoms with E-state index in [1.165, 1.54) is 8.61 Å². The van der Waals surface area contributed by atoms with Crippen LogP contribution in [0.4, 0.5) is 0 Å². The molecule has 1 atom stereocenters. The number of nitrogens with zero attached hydrogens (tertiary/aromatic N) is 4. The molecule has 8 heteroatoms. The topological polar surface area (TPSA) is 78.7 Å². The molecular weight excluding hydrogens is 352 g/mol. The van der Waals surface area contributed by atoms with Crippen LogP contribution in [0.3, 0.4) is 0 Å². The summed E-state index contributed by atoms with van der Waals surface area (Å²) >= 11 is 0. The number of aromatic nitrogens is 2. The average Bonchev–Trinajstić information content (AvgIpc) is 3.40. The first-order valence-electron chi connectivity index (χ1n) is 8.95. The van der Waals surface area contributed by atoms with Crippen molar-refractivity contribution in [3.05, 3.63) is 53.3 Å². The van der Waals surface area contributed by atoms with Crippen molar-refractivity contribution in [3.8, 4) is 0 Å². The lowest BCUT2D eigenvalue weighted by molar-refractivity contribution is 0.148. The molecule has 0 radical (unpaired) electrons. The second kappa shape index (κ2) is 6.77. The van der Waals surface area contributed by atoms with Crippen LogP contribution in [0.5, 0.6) is 0 Å². The third-order valence-corrected chi connectivity index (χ3v) is 7.00. The second-order valence-corrected chi connectivity index (χ2v) is 9.18. The van der Waals surface area contributed by atoms with E-state index in [0.29, 0.717) is 31.2 Å². The molecule has 1 N–H and O–H groups in total. The molecule has 0 spiro atoms. The Balaban J connectivity index is 1.48. The van der Waals surface area contributed by atoms with E-state index in [9.17, 15) is 13.5 Å². The van der Waals surface area contributed by atoms with Crippen LogP contribution in [0.2, 0.25) is 0 Å². The molecule has 1 fully saturated rings. The molecule has 140 valence electrons. The minimum absolute atomic E-state index is 0.284. The van der Waals surface area contributed by atoms with Crippen molar-refractivity contribution in [1.82, 2.24) is 18.4 Å². The number of benzene rings is 1. The smallest absolute Gasteiger partial charge is 0.282 e. The van der Waals surface area contributed by atoms with Gasteiger partial charge in [-0.15, -0.1) is 0 Å². The number of hydrogen-bond acceptors (Lipinski definition) is 4. The Kier molecular flexibility index (Phi) is 4.60. The van der Waals surface area contributed by atoms with Gasteiger partial charge in [0, 0.05) is 20.1 Å². The van der Waals surface area contributed by atoms with Crippen LogP contribution >= 0.6 is 0 Å². The summed E-state index contributed by atoms with van der Waals surface area (Å²) < 4.78 is 30.6. The van der Waals surface area contributed by atoms with Gasteiger partial charge >= 0.3 is 0 Å². The molecule has 4 rings (SSSR count). The summed E-state index contributed by atoms with van der Waals surface area (Å²) in [5.74, 6) is 0.309. The molecule has 1 saturated carbocycles. The van der Waals surface area contributed by atoms with Gasteiger partial charge in [-0.3, -0.25) is 4.68 Å². The maximum Gasteiger partial charge on any atom is 0.282 e. The lowest BCUT2D eigenvalue weighted by atomic mass is 10.1. The normalized spacial score (nSPS) is 19.5. The van der Waals surface area contributed by atoms with Crippen LogP contribution in [0.25, 0.3) is 0 Å². The van der Waals surface area contributed by atoms with Crippen LogP contribution in [0.1, 0.15) is 35.9 Å². The number of fused-ring (bicyclic) bond motifs is 1. The summed E-state index contributed by atoms with van der Waals surface area (Å²) in [5, 5.41) is 14.7. The molecule has 1 aliphatic carbocycles. The molecule has 7 nitrogen and oxygen atoms in total. The van der Waals surface area contributed by atoms with E-state index in [4.69, 9.17) is 0 Å². The van der Waals surface area contributed by atoms with Crippen molar-refractivity contribution in [2.24, 2.45) is 5.92 Å². The van der Waals surface area contributed by atoms with Crippen molar-refractivity contribution in [2.45, 2.75) is 38.6 Å². The molecule has 2 aliphatic rings. The van der Waals surface area contributed by atoms with Crippen LogP contribution in [0, 0.1) is 5.92 Å². The third-order valence-electron chi connectivity index (χ3n) is 5.12. The van der Waals surface area contributed by atoms with Gasteiger partial charge in [-0.05, 0) is 30.4 Å². The quantitative estimate of drug-likeness (QED) is 0.829. The molecule has 1 aliphatic heterocycles. The Labute approximate surface area is 154 Å². The van der Waals surface area contributed by atoms with E-state index in [-0.39, 0.29) is 6.54 Å². The first-order chi connectivity index (χ1) is 12.4. The van der Waals surface area contributed by atoms with Gasteiger partial charge in [0.15, 0.2) is 0 Å². The van der Waals surface area contributed by atoms with Gasteiger partial charge in [0.2, 0.25) is 0 Å². The fourth-order valence-corrected chi connectivity index (χ4v) is 4.69. The van der Waals surface area contributed by atoms with Crippen molar-refractivity contribution in [3.63, 3.8) is 0 Å². The molecule has 2 aromatic rings. The fraction of sp³-hybridized carbons (Fsp3) is 0.500. The second-order valence-electron chi connectivity index (χ2n) is 7.15. The van der Waals surface area contributed by atoms with E-state index in [0.717, 1.165) is 24.1 Å². The lowest BCUT2D eigenvalue weighted by Gasteiger charge is -2.30. The minimum Gasteiger partial charge on any atom is -0.386 e. The molecule has 26 heavy (non-hydrogen) atoms. The van der Waals surface area contributed by atoms with Gasteiger partial charge in [0.1, 0.15) is 6.10 Å². The highest BCUT2D eigenvalue weighted by molar-refractivity contribution is 7.86. The number of aliphatic hydroxyl groups excluding tert-OH is 1. The Morgan fingerprint density at radius 1 is 1.27 bits per heavy atom. The monoisotopic (exact) mass is 376 g/mol. The molecule has 0 bridgehead atoms. The minimum atomic E-state index is -3.55. The van der Waals surface area contributed by atoms with E-state index in [2.05, 4.69) is 5.10 Å². The fourth-order valence-electron chi connectivity index (χ4n) is 3.38. The SMILES string of the molecule is CN(Cc1ccccc1)S(=O)(=O)N1CCn2nc(C(O)C3CC3)cc2C1. The molecule has 1 aromatic heterocycles. The number of rotatable bonds is 6. The van der Waals surface area contributed by atoms with Gasteiger partial charge in [0.05, 0.1) is 24.5 Å². The van der Waals surface area contributed by atoms with Crippen LogP contribution < -0.4 is 0 Å². The largest absolute Gasteiger partial charge is 0.386 e. The Bertz CT molecular complexity index is 877. The zero-order chi connectivity index (χ0) is 18.3. The molecule has 1 aromatic carbocycles. The summed E-state index contributed by atoms with van der Waals surface area (Å²) in [4.78, 5) is 0. The average molecular weight is 376 g/mol. The molecule has 1 unspecified atom stereocenters. The predicted molar refractivity (Wildman–Crippen MR) is 97.1 cm³/mol. The number of aliphatic hydroxyl groups is 1. The van der Waals surface area contributed by atoms with Crippen molar-refractivity contribution in [1.29, 1.82) is 0 Å². The summed E-state index contributed by atoms with van der Waals surface area (Å²) in [6, 6.07) is 11.4. The predicted octanol–water partition coefficient (Wildman–Crippen LogP) is 1.52. The zero-order valence-electron chi connectivity index (χ0n) is 14.8. The molecule has 2 heterocycles. The summed E-state index contributed by atoms with van der Waals surface area (Å²) in [7, 11) is -1.95. The van der Waals surface area contributed by atoms with E-state index in [1.807, 2.05) is 41.1 Å². The number of hydrogen-bond donors (Lipinski definition) is 1.